The van der Waals surface area contributed by atoms with Crippen LogP contribution in [0.3, 0.4) is 0 Å². The second-order valence-electron chi connectivity index (χ2n) is 3.59. The van der Waals surface area contributed by atoms with Gasteiger partial charge in [-0.15, -0.1) is 0 Å². The summed E-state index contributed by atoms with van der Waals surface area (Å²) in [5.41, 5.74) is 1.29. The van der Waals surface area contributed by atoms with Crippen molar-refractivity contribution in [3.05, 3.63) is 42.2 Å². The molecule has 1 aromatic carbocycles. The molecule has 0 N–H and O–H groups in total. The van der Waals surface area contributed by atoms with Crippen molar-refractivity contribution >= 4 is 5.97 Å². The summed E-state index contributed by atoms with van der Waals surface area (Å²) < 4.78 is 11.6. The Bertz CT molecular complexity index is 531. The minimum atomic E-state index is -0.364. The fraction of sp³-hybridized carbons (Fsp3) is 0.231. The highest BCUT2D eigenvalue weighted by Gasteiger charge is 2.09. The van der Waals surface area contributed by atoms with E-state index in [-0.39, 0.29) is 5.97 Å². The van der Waals surface area contributed by atoms with Gasteiger partial charge < -0.3 is 9.47 Å². The minimum Gasteiger partial charge on any atom is -0.497 e. The fourth-order valence-corrected chi connectivity index (χ4v) is 1.52. The lowest BCUT2D eigenvalue weighted by atomic mass is 10.3. The van der Waals surface area contributed by atoms with Crippen molar-refractivity contribution in [2.24, 2.45) is 0 Å². The molecule has 94 valence electrons. The van der Waals surface area contributed by atoms with Crippen molar-refractivity contribution in [2.75, 3.05) is 13.7 Å². The Morgan fingerprint density at radius 3 is 2.67 bits per heavy atom. The van der Waals surface area contributed by atoms with Crippen molar-refractivity contribution in [3.8, 4) is 11.4 Å². The molecule has 0 bridgehead atoms. The van der Waals surface area contributed by atoms with E-state index < -0.39 is 0 Å². The Hall–Kier alpha value is -2.30. The maximum atomic E-state index is 11.5. The second kappa shape index (κ2) is 5.35. The number of methoxy groups -OCH3 is 1. The fourth-order valence-electron chi connectivity index (χ4n) is 1.52. The van der Waals surface area contributed by atoms with E-state index in [9.17, 15) is 4.79 Å². The number of esters is 1. The number of ether oxygens (including phenoxy) is 2. The Morgan fingerprint density at radius 1 is 1.33 bits per heavy atom. The van der Waals surface area contributed by atoms with Crippen LogP contribution in [0.25, 0.3) is 5.69 Å². The first-order chi connectivity index (χ1) is 8.74. The predicted octanol–water partition coefficient (Wildman–Crippen LogP) is 2.06. The summed E-state index contributed by atoms with van der Waals surface area (Å²) in [6, 6.07) is 7.39. The zero-order valence-electron chi connectivity index (χ0n) is 10.3. The summed E-state index contributed by atoms with van der Waals surface area (Å²) in [6.07, 6.45) is 3.13. The monoisotopic (exact) mass is 246 g/mol. The molecule has 0 unspecified atom stereocenters. The molecule has 0 saturated heterocycles. The lowest BCUT2D eigenvalue weighted by molar-refractivity contribution is 0.0526. The van der Waals surface area contributed by atoms with Gasteiger partial charge in [-0.05, 0) is 31.2 Å². The van der Waals surface area contributed by atoms with Crippen LogP contribution in [0.2, 0.25) is 0 Å². The lowest BCUT2D eigenvalue weighted by Gasteiger charge is -2.03. The lowest BCUT2D eigenvalue weighted by Crippen LogP contribution is -2.03. The minimum absolute atomic E-state index is 0.354. The van der Waals surface area contributed by atoms with Crippen LogP contribution in [0.15, 0.2) is 36.7 Å². The van der Waals surface area contributed by atoms with Crippen LogP contribution in [0.4, 0.5) is 0 Å². The van der Waals surface area contributed by atoms with Crippen molar-refractivity contribution in [1.82, 2.24) is 9.78 Å². The molecule has 1 heterocycles. The molecule has 0 aliphatic heterocycles. The van der Waals surface area contributed by atoms with Crippen LogP contribution in [0.1, 0.15) is 17.3 Å². The molecule has 5 nitrogen and oxygen atoms in total. The van der Waals surface area contributed by atoms with Crippen LogP contribution >= 0.6 is 0 Å². The number of hydrogen-bond acceptors (Lipinski definition) is 4. The maximum Gasteiger partial charge on any atom is 0.341 e. The topological polar surface area (TPSA) is 53.3 Å². The number of rotatable bonds is 4. The molecule has 0 saturated carbocycles. The number of aromatic nitrogens is 2. The molecule has 0 amide bonds. The van der Waals surface area contributed by atoms with Crippen molar-refractivity contribution < 1.29 is 14.3 Å². The van der Waals surface area contributed by atoms with Gasteiger partial charge >= 0.3 is 5.97 Å². The van der Waals surface area contributed by atoms with E-state index in [0.717, 1.165) is 11.4 Å². The van der Waals surface area contributed by atoms with Gasteiger partial charge in [0.05, 0.1) is 31.2 Å². The number of nitrogens with zero attached hydrogens (tertiary/aromatic N) is 2. The molecular formula is C13H14N2O3. The van der Waals surface area contributed by atoms with Gasteiger partial charge in [-0.2, -0.15) is 5.10 Å². The van der Waals surface area contributed by atoms with E-state index in [2.05, 4.69) is 5.10 Å². The average Bonchev–Trinajstić information content (AvgIpc) is 2.89. The highest BCUT2D eigenvalue weighted by atomic mass is 16.5. The van der Waals surface area contributed by atoms with E-state index in [1.54, 1.807) is 24.9 Å². The first kappa shape index (κ1) is 12.2. The summed E-state index contributed by atoms with van der Waals surface area (Å²) in [5, 5.41) is 4.12. The van der Waals surface area contributed by atoms with Gasteiger partial charge in [-0.25, -0.2) is 9.48 Å². The smallest absolute Gasteiger partial charge is 0.341 e. The third-order valence-corrected chi connectivity index (χ3v) is 2.43. The Labute approximate surface area is 105 Å². The van der Waals surface area contributed by atoms with E-state index >= 15 is 0 Å². The van der Waals surface area contributed by atoms with Crippen LogP contribution in [-0.2, 0) is 4.74 Å². The molecule has 0 spiro atoms. The summed E-state index contributed by atoms with van der Waals surface area (Å²) >= 11 is 0. The molecular weight excluding hydrogens is 232 g/mol. The maximum absolute atomic E-state index is 11.5. The molecule has 0 fully saturated rings. The van der Waals surface area contributed by atoms with Crippen LogP contribution in [0.5, 0.6) is 5.75 Å². The highest BCUT2D eigenvalue weighted by Crippen LogP contribution is 2.15. The van der Waals surface area contributed by atoms with Crippen molar-refractivity contribution in [1.29, 1.82) is 0 Å². The van der Waals surface area contributed by atoms with Gasteiger partial charge in [-0.3, -0.25) is 0 Å². The third kappa shape index (κ3) is 2.51. The van der Waals surface area contributed by atoms with Gasteiger partial charge in [0.25, 0.3) is 0 Å². The van der Waals surface area contributed by atoms with Gasteiger partial charge in [0, 0.05) is 6.20 Å². The Balaban J connectivity index is 2.20. The van der Waals surface area contributed by atoms with Gasteiger partial charge in [0.15, 0.2) is 0 Å². The molecule has 0 atom stereocenters. The van der Waals surface area contributed by atoms with Crippen molar-refractivity contribution in [3.63, 3.8) is 0 Å². The number of benzene rings is 1. The van der Waals surface area contributed by atoms with Gasteiger partial charge in [0.2, 0.25) is 0 Å². The number of hydrogen-bond donors (Lipinski definition) is 0. The summed E-state index contributed by atoms with van der Waals surface area (Å²) in [6.45, 7) is 2.12. The standard InChI is InChI=1S/C13H14N2O3/c1-3-18-13(16)10-8-14-15(9-10)11-4-6-12(17-2)7-5-11/h4-9H,3H2,1-2H3. The van der Waals surface area contributed by atoms with Crippen LogP contribution in [0, 0.1) is 0 Å². The van der Waals surface area contributed by atoms with E-state index in [1.807, 2.05) is 24.3 Å². The van der Waals surface area contributed by atoms with Gasteiger partial charge in [0.1, 0.15) is 5.75 Å². The van der Waals surface area contributed by atoms with E-state index in [1.165, 1.54) is 6.20 Å². The summed E-state index contributed by atoms with van der Waals surface area (Å²) in [4.78, 5) is 11.5. The van der Waals surface area contributed by atoms with E-state index in [4.69, 9.17) is 9.47 Å². The van der Waals surface area contributed by atoms with E-state index in [0.29, 0.717) is 12.2 Å². The summed E-state index contributed by atoms with van der Waals surface area (Å²) in [7, 11) is 1.61. The quantitative estimate of drug-likeness (QED) is 0.775. The molecule has 0 aliphatic rings. The molecule has 2 aromatic rings. The first-order valence-electron chi connectivity index (χ1n) is 5.61. The molecule has 5 heteroatoms. The molecule has 0 aliphatic carbocycles. The normalized spacial score (nSPS) is 10.1. The highest BCUT2D eigenvalue weighted by molar-refractivity contribution is 5.88. The van der Waals surface area contributed by atoms with Crippen LogP contribution in [-0.4, -0.2) is 29.5 Å². The Morgan fingerprint density at radius 2 is 2.06 bits per heavy atom. The Kier molecular flexibility index (Phi) is 3.62. The molecule has 0 radical (unpaired) electrons. The average molecular weight is 246 g/mol. The number of carbonyl (C=O) groups excluding carboxylic acids is 1. The largest absolute Gasteiger partial charge is 0.497 e. The SMILES string of the molecule is CCOC(=O)c1cnn(-c2ccc(OC)cc2)c1. The zero-order chi connectivity index (χ0) is 13.0. The third-order valence-electron chi connectivity index (χ3n) is 2.43. The molecule has 1 aromatic heterocycles. The van der Waals surface area contributed by atoms with Gasteiger partial charge in [-0.1, -0.05) is 0 Å². The zero-order valence-corrected chi connectivity index (χ0v) is 10.3. The molecule has 18 heavy (non-hydrogen) atoms. The summed E-state index contributed by atoms with van der Waals surface area (Å²) in [5.74, 6) is 0.411. The first-order valence-corrected chi connectivity index (χ1v) is 5.61. The number of carbonyl (C=O) groups is 1. The predicted molar refractivity (Wildman–Crippen MR) is 66.1 cm³/mol. The molecule has 2 rings (SSSR count). The van der Waals surface area contributed by atoms with Crippen molar-refractivity contribution in [2.45, 2.75) is 6.92 Å². The second-order valence-corrected chi connectivity index (χ2v) is 3.59. The van der Waals surface area contributed by atoms with Crippen LogP contribution < -0.4 is 4.74 Å².